The molecule has 0 saturated carbocycles. The summed E-state index contributed by atoms with van der Waals surface area (Å²) in [6.45, 7) is 3.80. The van der Waals surface area contributed by atoms with Gasteiger partial charge in [0.05, 0.1) is 6.42 Å². The minimum atomic E-state index is -0.951. The third-order valence-corrected chi connectivity index (χ3v) is 3.63. The van der Waals surface area contributed by atoms with Crippen LogP contribution < -0.4 is 4.74 Å². The summed E-state index contributed by atoms with van der Waals surface area (Å²) in [6, 6.07) is 13.1. The van der Waals surface area contributed by atoms with E-state index in [0.29, 0.717) is 29.9 Å². The monoisotopic (exact) mass is 312 g/mol. The Morgan fingerprint density at radius 3 is 2.35 bits per heavy atom. The first-order chi connectivity index (χ1) is 11.0. The van der Waals surface area contributed by atoms with Crippen molar-refractivity contribution in [3.8, 4) is 5.75 Å². The van der Waals surface area contributed by atoms with E-state index in [1.165, 1.54) is 6.92 Å². The number of ketones is 1. The quantitative estimate of drug-likeness (QED) is 0.793. The van der Waals surface area contributed by atoms with E-state index in [-0.39, 0.29) is 12.2 Å². The molecule has 23 heavy (non-hydrogen) atoms. The van der Waals surface area contributed by atoms with Gasteiger partial charge in [0.1, 0.15) is 12.4 Å². The average molecular weight is 312 g/mol. The van der Waals surface area contributed by atoms with Gasteiger partial charge in [-0.25, -0.2) is 0 Å². The van der Waals surface area contributed by atoms with Crippen molar-refractivity contribution in [3.63, 3.8) is 0 Å². The number of ether oxygens (including phenoxy) is 1. The van der Waals surface area contributed by atoms with Crippen molar-refractivity contribution in [1.82, 2.24) is 0 Å². The number of carboxylic acids is 1. The van der Waals surface area contributed by atoms with Gasteiger partial charge in [0.15, 0.2) is 5.78 Å². The maximum Gasteiger partial charge on any atom is 0.307 e. The average Bonchev–Trinajstić information content (AvgIpc) is 2.53. The van der Waals surface area contributed by atoms with Gasteiger partial charge in [-0.05, 0) is 36.6 Å². The lowest BCUT2D eigenvalue weighted by Crippen LogP contribution is -2.08. The number of carbonyl (C=O) groups is 2. The summed E-state index contributed by atoms with van der Waals surface area (Å²) in [6.07, 6.45) is 0.512. The SMILES string of the molecule is CCc1cc(OCc2ccccc2)c(CC(=O)O)cc1C(C)=O. The van der Waals surface area contributed by atoms with Gasteiger partial charge in [0.2, 0.25) is 0 Å². The molecule has 0 saturated heterocycles. The third-order valence-electron chi connectivity index (χ3n) is 3.63. The summed E-state index contributed by atoms with van der Waals surface area (Å²) in [7, 11) is 0. The largest absolute Gasteiger partial charge is 0.489 e. The zero-order valence-electron chi connectivity index (χ0n) is 13.3. The first-order valence-corrected chi connectivity index (χ1v) is 7.56. The van der Waals surface area contributed by atoms with Crippen LogP contribution in [0.3, 0.4) is 0 Å². The lowest BCUT2D eigenvalue weighted by molar-refractivity contribution is -0.136. The van der Waals surface area contributed by atoms with Crippen molar-refractivity contribution in [2.45, 2.75) is 33.3 Å². The lowest BCUT2D eigenvalue weighted by atomic mass is 9.97. The van der Waals surface area contributed by atoms with E-state index in [9.17, 15) is 9.59 Å². The molecule has 2 aromatic rings. The maximum absolute atomic E-state index is 11.8. The molecule has 2 aromatic carbocycles. The summed E-state index contributed by atoms with van der Waals surface area (Å²) in [5.41, 5.74) is 2.96. The van der Waals surface area contributed by atoms with Crippen molar-refractivity contribution in [3.05, 3.63) is 64.7 Å². The van der Waals surface area contributed by atoms with Gasteiger partial charge in [-0.15, -0.1) is 0 Å². The predicted molar refractivity (Wildman–Crippen MR) is 87.9 cm³/mol. The van der Waals surface area contributed by atoms with Crippen LogP contribution in [0, 0.1) is 0 Å². The van der Waals surface area contributed by atoms with Crippen LogP contribution in [0.15, 0.2) is 42.5 Å². The Morgan fingerprint density at radius 1 is 1.09 bits per heavy atom. The molecule has 4 heteroatoms. The Bertz CT molecular complexity index is 705. The van der Waals surface area contributed by atoms with Gasteiger partial charge in [0, 0.05) is 11.1 Å². The van der Waals surface area contributed by atoms with Gasteiger partial charge in [0.25, 0.3) is 0 Å². The normalized spacial score (nSPS) is 10.3. The molecule has 2 rings (SSSR count). The minimum absolute atomic E-state index is 0.0666. The van der Waals surface area contributed by atoms with Crippen molar-refractivity contribution >= 4 is 11.8 Å². The summed E-state index contributed by atoms with van der Waals surface area (Å²) in [5, 5.41) is 9.09. The molecule has 120 valence electrons. The molecule has 0 atom stereocenters. The van der Waals surface area contributed by atoms with Gasteiger partial charge in [-0.2, -0.15) is 0 Å². The van der Waals surface area contributed by atoms with Crippen LogP contribution in [-0.4, -0.2) is 16.9 Å². The fourth-order valence-corrected chi connectivity index (χ4v) is 2.46. The second-order valence-corrected chi connectivity index (χ2v) is 5.37. The van der Waals surface area contributed by atoms with Crippen LogP contribution >= 0.6 is 0 Å². The Balaban J connectivity index is 2.34. The van der Waals surface area contributed by atoms with E-state index in [1.807, 2.05) is 37.3 Å². The zero-order chi connectivity index (χ0) is 16.8. The van der Waals surface area contributed by atoms with E-state index in [2.05, 4.69) is 0 Å². The number of carboxylic acid groups (broad SMARTS) is 1. The number of aryl methyl sites for hydroxylation is 1. The highest BCUT2D eigenvalue weighted by Crippen LogP contribution is 2.26. The van der Waals surface area contributed by atoms with E-state index in [4.69, 9.17) is 9.84 Å². The van der Waals surface area contributed by atoms with Crippen LogP contribution in [0.1, 0.15) is 40.9 Å². The van der Waals surface area contributed by atoms with E-state index < -0.39 is 5.97 Å². The second-order valence-electron chi connectivity index (χ2n) is 5.37. The number of hydrogen-bond acceptors (Lipinski definition) is 3. The fraction of sp³-hybridized carbons (Fsp3) is 0.263. The summed E-state index contributed by atoms with van der Waals surface area (Å²) in [5.74, 6) is -0.491. The highest BCUT2D eigenvalue weighted by Gasteiger charge is 2.15. The first-order valence-electron chi connectivity index (χ1n) is 7.56. The highest BCUT2D eigenvalue weighted by atomic mass is 16.5. The van der Waals surface area contributed by atoms with Gasteiger partial charge in [-0.1, -0.05) is 37.3 Å². The Kier molecular flexibility index (Phi) is 5.52. The first kappa shape index (κ1) is 16.7. The zero-order valence-corrected chi connectivity index (χ0v) is 13.3. The number of aliphatic carboxylic acids is 1. The molecule has 4 nitrogen and oxygen atoms in total. The number of hydrogen-bond donors (Lipinski definition) is 1. The lowest BCUT2D eigenvalue weighted by Gasteiger charge is -2.15. The van der Waals surface area contributed by atoms with Crippen LogP contribution in [0.2, 0.25) is 0 Å². The molecule has 0 aliphatic carbocycles. The van der Waals surface area contributed by atoms with Crippen molar-refractivity contribution in [2.75, 3.05) is 0 Å². The molecule has 0 amide bonds. The van der Waals surface area contributed by atoms with Gasteiger partial charge >= 0.3 is 5.97 Å². The summed E-state index contributed by atoms with van der Waals surface area (Å²) < 4.78 is 5.83. The topological polar surface area (TPSA) is 63.6 Å². The number of rotatable bonds is 7. The number of carbonyl (C=O) groups excluding carboxylic acids is 1. The Labute approximate surface area is 135 Å². The predicted octanol–water partition coefficient (Wildman–Crippen LogP) is 3.66. The highest BCUT2D eigenvalue weighted by molar-refractivity contribution is 5.96. The minimum Gasteiger partial charge on any atom is -0.489 e. The molecule has 0 fully saturated rings. The molecule has 0 heterocycles. The third kappa shape index (κ3) is 4.42. The van der Waals surface area contributed by atoms with Crippen molar-refractivity contribution in [2.24, 2.45) is 0 Å². The van der Waals surface area contributed by atoms with E-state index in [1.54, 1.807) is 12.1 Å². The molecule has 0 aliphatic heterocycles. The number of Topliss-reactive ketones (excluding diaryl/α,β-unsaturated/α-hetero) is 1. The maximum atomic E-state index is 11.8. The number of benzene rings is 2. The molecule has 0 aliphatic rings. The van der Waals surface area contributed by atoms with E-state index in [0.717, 1.165) is 11.1 Å². The summed E-state index contributed by atoms with van der Waals surface area (Å²) in [4.78, 5) is 22.9. The van der Waals surface area contributed by atoms with Gasteiger partial charge < -0.3 is 9.84 Å². The molecule has 0 spiro atoms. The molecular formula is C19H20O4. The molecule has 0 aromatic heterocycles. The Morgan fingerprint density at radius 2 is 1.78 bits per heavy atom. The molecule has 0 unspecified atom stereocenters. The van der Waals surface area contributed by atoms with E-state index >= 15 is 0 Å². The van der Waals surface area contributed by atoms with Crippen LogP contribution in [0.4, 0.5) is 0 Å². The standard InChI is InChI=1S/C19H20O4/c1-3-15-10-18(23-12-14-7-5-4-6-8-14)16(11-19(21)22)9-17(15)13(2)20/h4-10H,3,11-12H2,1-2H3,(H,21,22). The summed E-state index contributed by atoms with van der Waals surface area (Å²) >= 11 is 0. The van der Waals surface area contributed by atoms with Crippen LogP contribution in [-0.2, 0) is 24.2 Å². The molecule has 0 radical (unpaired) electrons. The molecule has 0 bridgehead atoms. The van der Waals surface area contributed by atoms with Crippen molar-refractivity contribution in [1.29, 1.82) is 0 Å². The smallest absolute Gasteiger partial charge is 0.307 e. The molecular weight excluding hydrogens is 292 g/mol. The Hall–Kier alpha value is -2.62. The van der Waals surface area contributed by atoms with Crippen molar-refractivity contribution < 1.29 is 19.4 Å². The van der Waals surface area contributed by atoms with Crippen LogP contribution in [0.25, 0.3) is 0 Å². The second kappa shape index (κ2) is 7.58. The van der Waals surface area contributed by atoms with Crippen LogP contribution in [0.5, 0.6) is 5.75 Å². The fourth-order valence-electron chi connectivity index (χ4n) is 2.46. The molecule has 1 N–H and O–H groups in total. The van der Waals surface area contributed by atoms with Gasteiger partial charge in [-0.3, -0.25) is 9.59 Å².